The maximum absolute atomic E-state index is 11.8. The summed E-state index contributed by atoms with van der Waals surface area (Å²) in [5.74, 6) is -1.73. The quantitative estimate of drug-likeness (QED) is 0.484. The number of carbonyl (C=O) groups excluding carboxylic acids is 1. The summed E-state index contributed by atoms with van der Waals surface area (Å²) in [6, 6.07) is 3.84. The third-order valence-corrected chi connectivity index (χ3v) is 2.85. The number of hydrogen-bond acceptors (Lipinski definition) is 7. The van der Waals surface area contributed by atoms with Crippen molar-refractivity contribution in [2.24, 2.45) is 5.10 Å². The van der Waals surface area contributed by atoms with Crippen LogP contribution in [0, 0.1) is 10.1 Å². The highest BCUT2D eigenvalue weighted by atomic mass is 35.5. The number of hydrogen-bond donors (Lipinski definition) is 1. The monoisotopic (exact) mass is 337 g/mol. The smallest absolute Gasteiger partial charge is 0.490 e. The van der Waals surface area contributed by atoms with Crippen molar-refractivity contribution in [3.63, 3.8) is 0 Å². The van der Waals surface area contributed by atoms with Crippen molar-refractivity contribution in [1.29, 1.82) is 0 Å². The zero-order valence-electron chi connectivity index (χ0n) is 11.8. The second kappa shape index (κ2) is 6.83. The molecule has 1 aromatic carbocycles. The molecule has 0 aliphatic heterocycles. The van der Waals surface area contributed by atoms with Crippen LogP contribution in [0.15, 0.2) is 29.6 Å². The van der Waals surface area contributed by atoms with Gasteiger partial charge in [0.15, 0.2) is 0 Å². The van der Waals surface area contributed by atoms with E-state index in [4.69, 9.17) is 11.6 Å². The zero-order valence-corrected chi connectivity index (χ0v) is 12.5. The van der Waals surface area contributed by atoms with Crippen LogP contribution in [0.2, 0.25) is 5.02 Å². The van der Waals surface area contributed by atoms with Crippen molar-refractivity contribution in [3.8, 4) is 5.75 Å². The summed E-state index contributed by atoms with van der Waals surface area (Å²) in [7, 11) is 0. The number of halogens is 1. The van der Waals surface area contributed by atoms with Crippen LogP contribution in [0.5, 0.6) is 5.75 Å². The number of nitrogens with zero attached hydrogens (tertiary/aromatic N) is 5. The highest BCUT2D eigenvalue weighted by molar-refractivity contribution is 6.30. The summed E-state index contributed by atoms with van der Waals surface area (Å²) in [5.41, 5.74) is 2.53. The average molecular weight is 338 g/mol. The van der Waals surface area contributed by atoms with E-state index in [-0.39, 0.29) is 17.1 Å². The van der Waals surface area contributed by atoms with E-state index in [1.54, 1.807) is 6.92 Å². The van der Waals surface area contributed by atoms with Gasteiger partial charge in [-0.05, 0) is 24.0 Å². The minimum Gasteiger partial charge on any atom is -0.872 e. The predicted octanol–water partition coefficient (Wildman–Crippen LogP) is 0.719. The van der Waals surface area contributed by atoms with Crippen LogP contribution in [-0.2, 0) is 6.54 Å². The Bertz CT molecular complexity index is 788. The van der Waals surface area contributed by atoms with Gasteiger partial charge in [0, 0.05) is 15.7 Å². The Morgan fingerprint density at radius 1 is 1.52 bits per heavy atom. The zero-order chi connectivity index (χ0) is 17.0. The molecule has 0 bridgehead atoms. The molecule has 2 rings (SSSR count). The third-order valence-electron chi connectivity index (χ3n) is 2.62. The van der Waals surface area contributed by atoms with Gasteiger partial charge in [-0.1, -0.05) is 28.4 Å². The fourth-order valence-corrected chi connectivity index (χ4v) is 1.77. The molecule has 1 aromatic heterocycles. The summed E-state index contributed by atoms with van der Waals surface area (Å²) >= 11 is 5.64. The Morgan fingerprint density at radius 2 is 2.26 bits per heavy atom. The van der Waals surface area contributed by atoms with Crippen molar-refractivity contribution < 1.29 is 14.8 Å². The SMILES string of the molecule is C/C(Cn1cnc([N+](=O)[O-])n1)=N\NC(=O)c1ccc(Cl)cc1[O-]. The molecule has 2 aromatic rings. The summed E-state index contributed by atoms with van der Waals surface area (Å²) in [6.07, 6.45) is 1.17. The van der Waals surface area contributed by atoms with Crippen molar-refractivity contribution in [3.05, 3.63) is 45.2 Å². The molecule has 0 saturated carbocycles. The van der Waals surface area contributed by atoms with Crippen LogP contribution in [0.1, 0.15) is 17.3 Å². The molecule has 0 aliphatic rings. The van der Waals surface area contributed by atoms with Crippen LogP contribution in [0.25, 0.3) is 0 Å². The second-order valence-electron chi connectivity index (χ2n) is 4.43. The normalized spacial score (nSPS) is 11.3. The molecule has 0 atom stereocenters. The highest BCUT2D eigenvalue weighted by Crippen LogP contribution is 2.19. The van der Waals surface area contributed by atoms with E-state index in [1.165, 1.54) is 23.1 Å². The summed E-state index contributed by atoms with van der Waals surface area (Å²) < 4.78 is 1.20. The number of hydrazone groups is 1. The van der Waals surface area contributed by atoms with E-state index in [2.05, 4.69) is 20.6 Å². The lowest BCUT2D eigenvalue weighted by Gasteiger charge is -2.12. The molecule has 0 aliphatic carbocycles. The third kappa shape index (κ3) is 4.23. The lowest BCUT2D eigenvalue weighted by Crippen LogP contribution is -2.22. The summed E-state index contributed by atoms with van der Waals surface area (Å²) in [5, 5.41) is 29.7. The Labute approximate surface area is 134 Å². The fraction of sp³-hybridized carbons (Fsp3) is 0.167. The number of nitro groups is 1. The van der Waals surface area contributed by atoms with Gasteiger partial charge in [-0.3, -0.25) is 4.79 Å². The van der Waals surface area contributed by atoms with Crippen molar-refractivity contribution in [2.75, 3.05) is 0 Å². The molecular weight excluding hydrogens is 328 g/mol. The number of aromatic nitrogens is 3. The van der Waals surface area contributed by atoms with Gasteiger partial charge >= 0.3 is 5.95 Å². The minimum atomic E-state index is -0.721. The number of amides is 1. The van der Waals surface area contributed by atoms with Crippen molar-refractivity contribution in [1.82, 2.24) is 20.2 Å². The van der Waals surface area contributed by atoms with Crippen LogP contribution in [-0.4, -0.2) is 31.3 Å². The molecular formula is C12H10ClN6O4-. The van der Waals surface area contributed by atoms with Gasteiger partial charge in [-0.15, -0.1) is 0 Å². The first kappa shape index (κ1) is 16.4. The van der Waals surface area contributed by atoms with Gasteiger partial charge in [-0.25, -0.2) is 5.43 Å². The van der Waals surface area contributed by atoms with Crippen LogP contribution in [0.4, 0.5) is 5.95 Å². The molecule has 0 unspecified atom stereocenters. The van der Waals surface area contributed by atoms with Crippen LogP contribution in [0.3, 0.4) is 0 Å². The van der Waals surface area contributed by atoms with Crippen molar-refractivity contribution in [2.45, 2.75) is 13.5 Å². The number of nitrogens with one attached hydrogen (secondary N) is 1. The van der Waals surface area contributed by atoms with Gasteiger partial charge in [0.05, 0.1) is 12.3 Å². The Kier molecular flexibility index (Phi) is 4.86. The Morgan fingerprint density at radius 3 is 2.87 bits per heavy atom. The molecule has 0 spiro atoms. The lowest BCUT2D eigenvalue weighted by atomic mass is 10.2. The molecule has 1 heterocycles. The molecule has 10 nitrogen and oxygen atoms in total. The Hall–Kier alpha value is -3.01. The minimum absolute atomic E-state index is 0.0893. The first-order valence-electron chi connectivity index (χ1n) is 6.20. The molecule has 23 heavy (non-hydrogen) atoms. The largest absolute Gasteiger partial charge is 0.872 e. The molecule has 120 valence electrons. The number of benzene rings is 1. The molecule has 0 radical (unpaired) electrons. The molecule has 11 heteroatoms. The van der Waals surface area contributed by atoms with Crippen LogP contribution < -0.4 is 10.5 Å². The van der Waals surface area contributed by atoms with E-state index < -0.39 is 22.5 Å². The predicted molar refractivity (Wildman–Crippen MR) is 78.1 cm³/mol. The molecule has 0 saturated heterocycles. The topological polar surface area (TPSA) is 138 Å². The van der Waals surface area contributed by atoms with Gasteiger partial charge in [-0.2, -0.15) is 9.78 Å². The second-order valence-corrected chi connectivity index (χ2v) is 4.86. The summed E-state index contributed by atoms with van der Waals surface area (Å²) in [6.45, 7) is 1.67. The fourth-order valence-electron chi connectivity index (χ4n) is 1.60. The van der Waals surface area contributed by atoms with E-state index >= 15 is 0 Å². The van der Waals surface area contributed by atoms with E-state index in [0.29, 0.717) is 5.71 Å². The molecule has 1 amide bonds. The Balaban J connectivity index is 2.00. The standard InChI is InChI=1S/C12H11ClN6O4/c1-7(5-18-6-14-12(17-18)19(22)23)15-16-11(21)9-3-2-8(13)4-10(9)20/h2-4,6,20H,5H2,1H3,(H,16,21)/p-1/b15-7+. The highest BCUT2D eigenvalue weighted by Gasteiger charge is 2.13. The van der Waals surface area contributed by atoms with E-state index in [1.807, 2.05) is 0 Å². The average Bonchev–Trinajstić information content (AvgIpc) is 2.93. The molecule has 0 fully saturated rings. The number of carbonyl (C=O) groups is 1. The first-order valence-corrected chi connectivity index (χ1v) is 6.58. The first-order chi connectivity index (χ1) is 10.9. The van der Waals surface area contributed by atoms with Crippen molar-refractivity contribution >= 4 is 29.2 Å². The number of rotatable bonds is 5. The molecule has 1 N–H and O–H groups in total. The maximum Gasteiger partial charge on any atom is 0.490 e. The van der Waals surface area contributed by atoms with E-state index in [9.17, 15) is 20.0 Å². The van der Waals surface area contributed by atoms with Gasteiger partial charge in [0.1, 0.15) is 0 Å². The van der Waals surface area contributed by atoms with Gasteiger partial charge < -0.3 is 15.2 Å². The lowest BCUT2D eigenvalue weighted by molar-refractivity contribution is -0.394. The summed E-state index contributed by atoms with van der Waals surface area (Å²) in [4.78, 5) is 25.1. The van der Waals surface area contributed by atoms with Gasteiger partial charge in [0.25, 0.3) is 5.91 Å². The van der Waals surface area contributed by atoms with E-state index in [0.717, 1.165) is 6.07 Å². The van der Waals surface area contributed by atoms with Gasteiger partial charge in [0.2, 0.25) is 6.33 Å². The van der Waals surface area contributed by atoms with Crippen LogP contribution >= 0.6 is 11.6 Å². The maximum atomic E-state index is 11.8.